The summed E-state index contributed by atoms with van der Waals surface area (Å²) in [5.74, 6) is 1.37. The van der Waals surface area contributed by atoms with Gasteiger partial charge in [0.25, 0.3) is 0 Å². The van der Waals surface area contributed by atoms with Crippen LogP contribution in [0.2, 0.25) is 0 Å². The van der Waals surface area contributed by atoms with Gasteiger partial charge in [-0.1, -0.05) is 33.6 Å². The van der Waals surface area contributed by atoms with Crippen LogP contribution in [0.5, 0.6) is 0 Å². The molecule has 0 spiro atoms. The van der Waals surface area contributed by atoms with Gasteiger partial charge in [0.1, 0.15) is 0 Å². The summed E-state index contributed by atoms with van der Waals surface area (Å²) in [6.45, 7) is 8.21. The molecule has 1 fully saturated rings. The number of nitrogens with one attached hydrogen (secondary N) is 1. The van der Waals surface area contributed by atoms with E-state index < -0.39 is 0 Å². The molecule has 0 aromatic carbocycles. The Morgan fingerprint density at radius 3 is 2.42 bits per heavy atom. The summed E-state index contributed by atoms with van der Waals surface area (Å²) in [6.07, 6.45) is 7.98. The van der Waals surface area contributed by atoms with Crippen molar-refractivity contribution in [2.24, 2.45) is 23.0 Å². The molecule has 0 aromatic rings. The molecule has 0 aromatic heterocycles. The van der Waals surface area contributed by atoms with E-state index in [-0.39, 0.29) is 5.91 Å². The number of nitrogens with two attached hydrogens (primary N) is 1. The van der Waals surface area contributed by atoms with E-state index in [9.17, 15) is 4.79 Å². The molecule has 1 aliphatic rings. The Balaban J connectivity index is 2.33. The van der Waals surface area contributed by atoms with E-state index in [4.69, 9.17) is 5.73 Å². The quantitative estimate of drug-likeness (QED) is 0.711. The van der Waals surface area contributed by atoms with Crippen LogP contribution < -0.4 is 11.1 Å². The van der Waals surface area contributed by atoms with Crippen LogP contribution in [-0.4, -0.2) is 19.0 Å². The van der Waals surface area contributed by atoms with Crippen LogP contribution in [0.4, 0.5) is 0 Å². The van der Waals surface area contributed by atoms with E-state index >= 15 is 0 Å². The predicted molar refractivity (Wildman–Crippen MR) is 80.8 cm³/mol. The highest BCUT2D eigenvalue weighted by Gasteiger charge is 2.34. The molecule has 1 saturated carbocycles. The molecule has 1 atom stereocenters. The Labute approximate surface area is 118 Å². The molecule has 1 aliphatic carbocycles. The first-order chi connectivity index (χ1) is 8.97. The Hall–Kier alpha value is -0.570. The van der Waals surface area contributed by atoms with Gasteiger partial charge in [-0.15, -0.1) is 0 Å². The highest BCUT2D eigenvalue weighted by atomic mass is 16.1. The van der Waals surface area contributed by atoms with Gasteiger partial charge < -0.3 is 11.1 Å². The molecule has 0 bridgehead atoms. The molecule has 0 radical (unpaired) electrons. The highest BCUT2D eigenvalue weighted by Crippen LogP contribution is 2.42. The van der Waals surface area contributed by atoms with E-state index in [2.05, 4.69) is 26.1 Å². The minimum atomic E-state index is 0.204. The molecule has 0 saturated heterocycles. The molecule has 19 heavy (non-hydrogen) atoms. The van der Waals surface area contributed by atoms with Crippen molar-refractivity contribution in [1.29, 1.82) is 0 Å². The standard InChI is InChI=1S/C16H32N2O/c1-13(2)10-16(8-4-5-9-16)12-18-15(19)7-6-14(3)11-17/h13-14H,4-12,17H2,1-3H3,(H,18,19). The average molecular weight is 268 g/mol. The maximum absolute atomic E-state index is 11.9. The number of rotatable bonds is 8. The van der Waals surface area contributed by atoms with Gasteiger partial charge in [0, 0.05) is 13.0 Å². The van der Waals surface area contributed by atoms with Gasteiger partial charge in [-0.25, -0.2) is 0 Å². The highest BCUT2D eigenvalue weighted by molar-refractivity contribution is 5.75. The summed E-state index contributed by atoms with van der Waals surface area (Å²) in [6, 6.07) is 0. The van der Waals surface area contributed by atoms with E-state index in [1.54, 1.807) is 0 Å². The summed E-state index contributed by atoms with van der Waals surface area (Å²) in [4.78, 5) is 11.9. The molecule has 3 nitrogen and oxygen atoms in total. The topological polar surface area (TPSA) is 55.1 Å². The van der Waals surface area contributed by atoms with Crippen molar-refractivity contribution < 1.29 is 4.79 Å². The monoisotopic (exact) mass is 268 g/mol. The molecular weight excluding hydrogens is 236 g/mol. The lowest BCUT2D eigenvalue weighted by Gasteiger charge is -2.31. The molecule has 3 heteroatoms. The fraction of sp³-hybridized carbons (Fsp3) is 0.938. The molecule has 3 N–H and O–H groups in total. The van der Waals surface area contributed by atoms with Crippen molar-refractivity contribution in [3.05, 3.63) is 0 Å². The third-order valence-corrected chi connectivity index (χ3v) is 4.43. The normalized spacial score (nSPS) is 19.6. The Morgan fingerprint density at radius 2 is 1.89 bits per heavy atom. The van der Waals surface area contributed by atoms with Crippen molar-refractivity contribution in [3.63, 3.8) is 0 Å². The maximum atomic E-state index is 11.9. The number of amides is 1. The number of carbonyl (C=O) groups is 1. The number of carbonyl (C=O) groups excluding carboxylic acids is 1. The second-order valence-electron chi connectivity index (χ2n) is 6.96. The Bertz CT molecular complexity index is 270. The second kappa shape index (κ2) is 7.88. The summed E-state index contributed by atoms with van der Waals surface area (Å²) < 4.78 is 0. The van der Waals surface area contributed by atoms with E-state index in [0.29, 0.717) is 30.2 Å². The van der Waals surface area contributed by atoms with Gasteiger partial charge in [0.15, 0.2) is 0 Å². The third-order valence-electron chi connectivity index (χ3n) is 4.43. The largest absolute Gasteiger partial charge is 0.356 e. The lowest BCUT2D eigenvalue weighted by Crippen LogP contribution is -2.37. The fourth-order valence-corrected chi connectivity index (χ4v) is 3.31. The van der Waals surface area contributed by atoms with E-state index in [0.717, 1.165) is 13.0 Å². The molecule has 1 unspecified atom stereocenters. The van der Waals surface area contributed by atoms with Gasteiger partial charge in [0.05, 0.1) is 0 Å². The van der Waals surface area contributed by atoms with Crippen LogP contribution in [0.15, 0.2) is 0 Å². The SMILES string of the molecule is CC(C)CC1(CNC(=O)CCC(C)CN)CCCC1. The minimum absolute atomic E-state index is 0.204. The summed E-state index contributed by atoms with van der Waals surface area (Å²) in [5.41, 5.74) is 5.95. The first-order valence-corrected chi connectivity index (χ1v) is 7.94. The lowest BCUT2D eigenvalue weighted by atomic mass is 9.78. The number of hydrogen-bond acceptors (Lipinski definition) is 2. The Morgan fingerprint density at radius 1 is 1.26 bits per heavy atom. The van der Waals surface area contributed by atoms with Gasteiger partial charge in [0.2, 0.25) is 5.91 Å². The summed E-state index contributed by atoms with van der Waals surface area (Å²) in [7, 11) is 0. The molecule has 0 aliphatic heterocycles. The lowest BCUT2D eigenvalue weighted by molar-refractivity contribution is -0.121. The zero-order valence-corrected chi connectivity index (χ0v) is 13.0. The first kappa shape index (κ1) is 16.5. The van der Waals surface area contributed by atoms with Crippen LogP contribution in [0.25, 0.3) is 0 Å². The summed E-state index contributed by atoms with van der Waals surface area (Å²) >= 11 is 0. The molecule has 1 rings (SSSR count). The molecule has 112 valence electrons. The fourth-order valence-electron chi connectivity index (χ4n) is 3.31. The van der Waals surface area contributed by atoms with Crippen LogP contribution in [0.1, 0.15) is 65.7 Å². The average Bonchev–Trinajstić information content (AvgIpc) is 2.81. The van der Waals surface area contributed by atoms with Crippen LogP contribution in [0.3, 0.4) is 0 Å². The smallest absolute Gasteiger partial charge is 0.220 e. The van der Waals surface area contributed by atoms with Gasteiger partial charge in [-0.2, -0.15) is 0 Å². The van der Waals surface area contributed by atoms with Gasteiger partial charge in [-0.3, -0.25) is 4.79 Å². The maximum Gasteiger partial charge on any atom is 0.220 e. The minimum Gasteiger partial charge on any atom is -0.356 e. The van der Waals surface area contributed by atoms with E-state index in [1.165, 1.54) is 32.1 Å². The zero-order valence-electron chi connectivity index (χ0n) is 13.0. The van der Waals surface area contributed by atoms with Gasteiger partial charge >= 0.3 is 0 Å². The van der Waals surface area contributed by atoms with Crippen LogP contribution in [0, 0.1) is 17.3 Å². The van der Waals surface area contributed by atoms with Gasteiger partial charge in [-0.05, 0) is 49.5 Å². The van der Waals surface area contributed by atoms with Crippen molar-refractivity contribution in [2.45, 2.75) is 65.7 Å². The third kappa shape index (κ3) is 5.94. The zero-order chi connectivity index (χ0) is 14.3. The Kier molecular flexibility index (Phi) is 6.84. The molecular formula is C16H32N2O. The van der Waals surface area contributed by atoms with Crippen LogP contribution >= 0.6 is 0 Å². The summed E-state index contributed by atoms with van der Waals surface area (Å²) in [5, 5.41) is 3.17. The van der Waals surface area contributed by atoms with Crippen LogP contribution in [-0.2, 0) is 4.79 Å². The first-order valence-electron chi connectivity index (χ1n) is 7.94. The predicted octanol–water partition coefficient (Wildman–Crippen LogP) is 3.08. The van der Waals surface area contributed by atoms with Crippen molar-refractivity contribution in [2.75, 3.05) is 13.1 Å². The number of hydrogen-bond donors (Lipinski definition) is 2. The van der Waals surface area contributed by atoms with E-state index in [1.807, 2.05) is 0 Å². The van der Waals surface area contributed by atoms with Crippen molar-refractivity contribution in [1.82, 2.24) is 5.32 Å². The second-order valence-corrected chi connectivity index (χ2v) is 6.96. The molecule has 1 amide bonds. The van der Waals surface area contributed by atoms with Crippen molar-refractivity contribution in [3.8, 4) is 0 Å². The molecule has 0 heterocycles. The van der Waals surface area contributed by atoms with Crippen molar-refractivity contribution >= 4 is 5.91 Å².